The molecule has 0 atom stereocenters. The fraction of sp³-hybridized carbons (Fsp3) is 0.143. The number of fused-ring (bicyclic) bond motifs is 1. The van der Waals surface area contributed by atoms with E-state index in [0.717, 1.165) is 21.5 Å². The van der Waals surface area contributed by atoms with Gasteiger partial charge in [0.25, 0.3) is 0 Å². The van der Waals surface area contributed by atoms with Crippen LogP contribution in [0.25, 0.3) is 22.4 Å². The summed E-state index contributed by atoms with van der Waals surface area (Å²) in [6.07, 6.45) is 1.65. The van der Waals surface area contributed by atoms with E-state index >= 15 is 0 Å². The minimum absolute atomic E-state index is 0.0532. The molecule has 0 amide bonds. The Morgan fingerprint density at radius 2 is 1.83 bits per heavy atom. The summed E-state index contributed by atoms with van der Waals surface area (Å²) in [5.74, 6) is 1.26. The van der Waals surface area contributed by atoms with Crippen LogP contribution in [-0.2, 0) is 0 Å². The number of benzene rings is 2. The molecule has 0 aliphatic rings. The van der Waals surface area contributed by atoms with Crippen LogP contribution in [0.5, 0.6) is 17.2 Å². The van der Waals surface area contributed by atoms with Crippen molar-refractivity contribution < 1.29 is 19.0 Å². The number of thiazole rings is 1. The van der Waals surface area contributed by atoms with Gasteiger partial charge >= 0.3 is 0 Å². The second-order valence-electron chi connectivity index (χ2n) is 6.11. The second kappa shape index (κ2) is 7.84. The number of hydrogen-bond donors (Lipinski definition) is 1. The molecule has 29 heavy (non-hydrogen) atoms. The van der Waals surface area contributed by atoms with Crippen LogP contribution in [0.4, 0.5) is 0 Å². The van der Waals surface area contributed by atoms with Gasteiger partial charge in [0.15, 0.2) is 17.3 Å². The Morgan fingerprint density at radius 3 is 2.48 bits per heavy atom. The molecule has 2 heterocycles. The smallest absolute Gasteiger partial charge is 0.206 e. The van der Waals surface area contributed by atoms with E-state index in [1.165, 1.54) is 25.6 Å². The number of rotatable bonds is 5. The average molecular weight is 409 g/mol. The van der Waals surface area contributed by atoms with Crippen molar-refractivity contribution in [2.75, 3.05) is 21.3 Å². The molecule has 0 bridgehead atoms. The van der Waals surface area contributed by atoms with Crippen LogP contribution >= 0.6 is 11.3 Å². The van der Waals surface area contributed by atoms with Crippen molar-refractivity contribution in [1.82, 2.24) is 4.68 Å². The third-order valence-corrected chi connectivity index (χ3v) is 5.29. The van der Waals surface area contributed by atoms with Crippen molar-refractivity contribution in [3.05, 3.63) is 58.2 Å². The maximum absolute atomic E-state index is 10.1. The summed E-state index contributed by atoms with van der Waals surface area (Å²) in [7, 11) is 4.68. The number of aromatic hydroxyl groups is 1. The predicted octanol–water partition coefficient (Wildman–Crippen LogP) is 4.10. The molecule has 148 valence electrons. The largest absolute Gasteiger partial charge is 0.502 e. The molecule has 0 aliphatic carbocycles. The van der Waals surface area contributed by atoms with Gasteiger partial charge in [0.05, 0.1) is 20.4 Å². The van der Waals surface area contributed by atoms with Crippen molar-refractivity contribution >= 4 is 28.5 Å². The molecular formula is C21H19N3O4S. The molecule has 2 aromatic heterocycles. The van der Waals surface area contributed by atoms with Gasteiger partial charge in [-0.1, -0.05) is 18.2 Å². The number of furan rings is 1. The SMILES string of the molecule is CN=c1scc(-c2cc3ccccc3o2)n1N=Cc1cc(OC)c(O)c(OC)c1. The van der Waals surface area contributed by atoms with Gasteiger partial charge in [-0.05, 0) is 24.3 Å². The summed E-state index contributed by atoms with van der Waals surface area (Å²) in [5, 5.41) is 17.6. The van der Waals surface area contributed by atoms with Crippen LogP contribution in [-0.4, -0.2) is 37.3 Å². The lowest BCUT2D eigenvalue weighted by Gasteiger charge is -2.09. The molecule has 0 spiro atoms. The molecule has 0 saturated carbocycles. The maximum atomic E-state index is 10.1. The number of phenols is 1. The number of aromatic nitrogens is 1. The third kappa shape index (κ3) is 3.50. The van der Waals surface area contributed by atoms with E-state index in [4.69, 9.17) is 13.9 Å². The van der Waals surface area contributed by atoms with E-state index < -0.39 is 0 Å². The van der Waals surface area contributed by atoms with E-state index in [1.807, 2.05) is 35.7 Å². The summed E-state index contributed by atoms with van der Waals surface area (Å²) >= 11 is 1.47. The topological polar surface area (TPSA) is 81.5 Å². The maximum Gasteiger partial charge on any atom is 0.206 e. The quantitative estimate of drug-likeness (QED) is 0.503. The number of ether oxygens (including phenoxy) is 2. The highest BCUT2D eigenvalue weighted by Crippen LogP contribution is 2.36. The van der Waals surface area contributed by atoms with Gasteiger partial charge in [0.1, 0.15) is 11.3 Å². The zero-order valence-corrected chi connectivity index (χ0v) is 16.9. The molecular weight excluding hydrogens is 390 g/mol. The Bertz CT molecular complexity index is 1210. The lowest BCUT2D eigenvalue weighted by Crippen LogP contribution is -2.11. The van der Waals surface area contributed by atoms with Crippen molar-refractivity contribution in [2.45, 2.75) is 0 Å². The van der Waals surface area contributed by atoms with E-state index in [-0.39, 0.29) is 5.75 Å². The van der Waals surface area contributed by atoms with Gasteiger partial charge < -0.3 is 19.0 Å². The summed E-state index contributed by atoms with van der Waals surface area (Å²) < 4.78 is 18.1. The monoisotopic (exact) mass is 409 g/mol. The Kier molecular flexibility index (Phi) is 5.09. The van der Waals surface area contributed by atoms with Crippen molar-refractivity contribution in [2.24, 2.45) is 10.1 Å². The lowest BCUT2D eigenvalue weighted by atomic mass is 10.2. The number of hydrogen-bond acceptors (Lipinski definition) is 7. The van der Waals surface area contributed by atoms with Crippen LogP contribution < -0.4 is 14.3 Å². The molecule has 8 heteroatoms. The fourth-order valence-electron chi connectivity index (χ4n) is 2.95. The number of nitrogens with zero attached hydrogens (tertiary/aromatic N) is 3. The lowest BCUT2D eigenvalue weighted by molar-refractivity contribution is 0.340. The van der Waals surface area contributed by atoms with Crippen LogP contribution in [0.1, 0.15) is 5.56 Å². The van der Waals surface area contributed by atoms with Gasteiger partial charge in [-0.25, -0.2) is 4.68 Å². The second-order valence-corrected chi connectivity index (χ2v) is 6.94. The fourth-order valence-corrected chi connectivity index (χ4v) is 3.74. The van der Waals surface area contributed by atoms with Crippen molar-refractivity contribution in [1.29, 1.82) is 0 Å². The third-order valence-electron chi connectivity index (χ3n) is 4.38. The molecule has 0 aliphatic heterocycles. The van der Waals surface area contributed by atoms with Crippen LogP contribution in [0.3, 0.4) is 0 Å². The Balaban J connectivity index is 1.79. The molecule has 2 aromatic carbocycles. The standard InChI is InChI=1S/C21H19N3O4S/c1-22-21-24(23-11-13-8-18(26-2)20(25)19(9-13)27-3)15(12-29-21)17-10-14-6-4-5-7-16(14)28-17/h4-12,25H,1-3H3. The number of methoxy groups -OCH3 is 2. The summed E-state index contributed by atoms with van der Waals surface area (Å²) in [5.41, 5.74) is 2.31. The zero-order valence-electron chi connectivity index (χ0n) is 16.1. The van der Waals surface area contributed by atoms with E-state index in [1.54, 1.807) is 30.1 Å². The van der Waals surface area contributed by atoms with Gasteiger partial charge in [-0.2, -0.15) is 5.10 Å². The molecule has 4 rings (SSSR count). The molecule has 7 nitrogen and oxygen atoms in total. The van der Waals surface area contributed by atoms with Crippen molar-refractivity contribution in [3.63, 3.8) is 0 Å². The Hall–Kier alpha value is -3.52. The Labute approximate surface area is 170 Å². The van der Waals surface area contributed by atoms with Crippen LogP contribution in [0.15, 0.2) is 62.4 Å². The average Bonchev–Trinajstić information content (AvgIpc) is 3.36. The molecule has 4 aromatic rings. The molecule has 0 saturated heterocycles. The zero-order chi connectivity index (χ0) is 20.4. The normalized spacial score (nSPS) is 12.2. The first-order valence-corrected chi connectivity index (χ1v) is 9.64. The predicted molar refractivity (Wildman–Crippen MR) is 113 cm³/mol. The highest BCUT2D eigenvalue weighted by Gasteiger charge is 2.13. The van der Waals surface area contributed by atoms with Gasteiger partial charge in [0, 0.05) is 23.4 Å². The first kappa shape index (κ1) is 18.8. The summed E-state index contributed by atoms with van der Waals surface area (Å²) in [4.78, 5) is 5.02. The van der Waals surface area contributed by atoms with Gasteiger partial charge in [-0.3, -0.25) is 4.99 Å². The molecule has 1 N–H and O–H groups in total. The van der Waals surface area contributed by atoms with E-state index in [2.05, 4.69) is 10.1 Å². The first-order chi connectivity index (χ1) is 14.1. The molecule has 0 unspecified atom stereocenters. The van der Waals surface area contributed by atoms with Crippen molar-refractivity contribution in [3.8, 4) is 28.7 Å². The highest BCUT2D eigenvalue weighted by atomic mass is 32.1. The highest BCUT2D eigenvalue weighted by molar-refractivity contribution is 7.07. The molecule has 0 radical (unpaired) electrons. The molecule has 0 fully saturated rings. The number of para-hydroxylation sites is 1. The number of phenolic OH excluding ortho intramolecular Hbond substituents is 1. The minimum Gasteiger partial charge on any atom is -0.502 e. The van der Waals surface area contributed by atoms with E-state index in [0.29, 0.717) is 22.8 Å². The van der Waals surface area contributed by atoms with Gasteiger partial charge in [0.2, 0.25) is 10.6 Å². The van der Waals surface area contributed by atoms with Gasteiger partial charge in [-0.15, -0.1) is 11.3 Å². The first-order valence-electron chi connectivity index (χ1n) is 8.76. The Morgan fingerprint density at radius 1 is 1.10 bits per heavy atom. The van der Waals surface area contributed by atoms with Crippen LogP contribution in [0.2, 0.25) is 0 Å². The minimum atomic E-state index is -0.0532. The van der Waals surface area contributed by atoms with E-state index in [9.17, 15) is 5.11 Å². The summed E-state index contributed by atoms with van der Waals surface area (Å²) in [6, 6.07) is 13.2. The van der Waals surface area contributed by atoms with Crippen LogP contribution in [0, 0.1) is 0 Å². The summed E-state index contributed by atoms with van der Waals surface area (Å²) in [6.45, 7) is 0.